The van der Waals surface area contributed by atoms with Crippen molar-refractivity contribution in [2.75, 3.05) is 18.9 Å². The Morgan fingerprint density at radius 1 is 1.47 bits per heavy atom. The van der Waals surface area contributed by atoms with Crippen molar-refractivity contribution in [3.63, 3.8) is 0 Å². The predicted octanol–water partition coefficient (Wildman–Crippen LogP) is 0.336. The van der Waals surface area contributed by atoms with Crippen molar-refractivity contribution in [3.05, 3.63) is 0 Å². The van der Waals surface area contributed by atoms with Crippen LogP contribution in [0.5, 0.6) is 0 Å². The minimum Gasteiger partial charge on any atom is -0.396 e. The Hall–Kier alpha value is -0.750. The zero-order valence-electron chi connectivity index (χ0n) is 9.65. The third-order valence-electron chi connectivity index (χ3n) is 3.58. The number of aliphatic hydroxyl groups excluding tert-OH is 1. The maximum absolute atomic E-state index is 11.7. The summed E-state index contributed by atoms with van der Waals surface area (Å²) in [5.74, 6) is 1.11. The first kappa shape index (κ1) is 12.7. The van der Waals surface area contributed by atoms with E-state index in [0.29, 0.717) is 24.1 Å². The van der Waals surface area contributed by atoms with E-state index in [9.17, 15) is 14.7 Å². The second kappa shape index (κ2) is 5.73. The quantitative estimate of drug-likeness (QED) is 0.679. The smallest absolute Gasteiger partial charge is 0.279 e. The fraction of sp³-hybridized carbons (Fsp3) is 0.818. The zero-order chi connectivity index (χ0) is 12.3. The molecule has 17 heavy (non-hydrogen) atoms. The molecule has 2 amide bonds. The van der Waals surface area contributed by atoms with Gasteiger partial charge in [0.05, 0.1) is 0 Å². The summed E-state index contributed by atoms with van der Waals surface area (Å²) in [6, 6.07) is -0.388. The summed E-state index contributed by atoms with van der Waals surface area (Å²) in [4.78, 5) is 22.7. The lowest BCUT2D eigenvalue weighted by Crippen LogP contribution is -2.44. The molecular weight excluding hydrogens is 240 g/mol. The van der Waals surface area contributed by atoms with Crippen LogP contribution >= 0.6 is 11.8 Å². The van der Waals surface area contributed by atoms with Gasteiger partial charge in [0.25, 0.3) is 5.24 Å². The summed E-state index contributed by atoms with van der Waals surface area (Å²) in [5.41, 5.74) is 0. The van der Waals surface area contributed by atoms with Crippen molar-refractivity contribution in [3.8, 4) is 0 Å². The van der Waals surface area contributed by atoms with Gasteiger partial charge >= 0.3 is 0 Å². The zero-order valence-corrected chi connectivity index (χ0v) is 10.5. The van der Waals surface area contributed by atoms with Gasteiger partial charge in [0.15, 0.2) is 0 Å². The van der Waals surface area contributed by atoms with E-state index in [1.54, 1.807) is 0 Å². The molecule has 96 valence electrons. The van der Waals surface area contributed by atoms with E-state index in [0.717, 1.165) is 31.0 Å². The van der Waals surface area contributed by atoms with Crippen LogP contribution in [0.25, 0.3) is 0 Å². The molecule has 1 saturated heterocycles. The van der Waals surface area contributed by atoms with Gasteiger partial charge in [-0.3, -0.25) is 9.59 Å². The summed E-state index contributed by atoms with van der Waals surface area (Å²) in [6.07, 6.45) is 3.24. The SMILES string of the molecule is O=C1NC(C(=O)NCC2CCCC2CO)CS1. The van der Waals surface area contributed by atoms with Gasteiger partial charge < -0.3 is 15.7 Å². The number of carbonyl (C=O) groups excluding carboxylic acids is 2. The van der Waals surface area contributed by atoms with E-state index in [2.05, 4.69) is 10.6 Å². The lowest BCUT2D eigenvalue weighted by atomic mass is 9.97. The summed E-state index contributed by atoms with van der Waals surface area (Å²) in [5, 5.41) is 14.5. The van der Waals surface area contributed by atoms with Gasteiger partial charge in [0.2, 0.25) is 5.91 Å². The molecule has 3 unspecified atom stereocenters. The molecule has 5 nitrogen and oxygen atoms in total. The third-order valence-corrected chi connectivity index (χ3v) is 4.46. The molecule has 0 aromatic rings. The van der Waals surface area contributed by atoms with Crippen molar-refractivity contribution >= 4 is 22.9 Å². The number of carbonyl (C=O) groups is 2. The second-order valence-electron chi connectivity index (χ2n) is 4.67. The average Bonchev–Trinajstić information content (AvgIpc) is 2.94. The number of hydrogen-bond acceptors (Lipinski definition) is 4. The lowest BCUT2D eigenvalue weighted by molar-refractivity contribution is -0.122. The van der Waals surface area contributed by atoms with Gasteiger partial charge in [0.1, 0.15) is 6.04 Å². The van der Waals surface area contributed by atoms with Gasteiger partial charge in [-0.2, -0.15) is 0 Å². The van der Waals surface area contributed by atoms with E-state index >= 15 is 0 Å². The van der Waals surface area contributed by atoms with Gasteiger partial charge in [-0.25, -0.2) is 0 Å². The number of rotatable bonds is 4. The Balaban J connectivity index is 1.74. The molecule has 6 heteroatoms. The highest BCUT2D eigenvalue weighted by molar-refractivity contribution is 8.14. The molecule has 2 rings (SSSR count). The first-order valence-electron chi connectivity index (χ1n) is 6.02. The average molecular weight is 258 g/mol. The Morgan fingerprint density at radius 2 is 2.24 bits per heavy atom. The first-order chi connectivity index (χ1) is 8.20. The van der Waals surface area contributed by atoms with Crippen LogP contribution in [0.3, 0.4) is 0 Å². The maximum atomic E-state index is 11.7. The van der Waals surface area contributed by atoms with E-state index < -0.39 is 0 Å². The Labute approximate surface area is 105 Å². The molecule has 1 aliphatic carbocycles. The predicted molar refractivity (Wildman–Crippen MR) is 65.7 cm³/mol. The fourth-order valence-electron chi connectivity index (χ4n) is 2.50. The summed E-state index contributed by atoms with van der Waals surface area (Å²) < 4.78 is 0. The van der Waals surface area contributed by atoms with Gasteiger partial charge in [-0.1, -0.05) is 18.2 Å². The van der Waals surface area contributed by atoms with E-state index in [1.807, 2.05) is 0 Å². The van der Waals surface area contributed by atoms with Crippen molar-refractivity contribution in [2.45, 2.75) is 25.3 Å². The van der Waals surface area contributed by atoms with Crippen LogP contribution in [-0.2, 0) is 4.79 Å². The molecule has 3 N–H and O–H groups in total. The van der Waals surface area contributed by atoms with E-state index in [1.165, 1.54) is 0 Å². The molecule has 2 fully saturated rings. The van der Waals surface area contributed by atoms with Crippen LogP contribution in [0.1, 0.15) is 19.3 Å². The highest BCUT2D eigenvalue weighted by Gasteiger charge is 2.30. The summed E-state index contributed by atoms with van der Waals surface area (Å²) in [7, 11) is 0. The monoisotopic (exact) mass is 258 g/mol. The molecule has 0 bridgehead atoms. The van der Waals surface area contributed by atoms with Gasteiger partial charge in [-0.15, -0.1) is 0 Å². The van der Waals surface area contributed by atoms with Crippen LogP contribution in [-0.4, -0.2) is 41.2 Å². The Bertz CT molecular complexity index is 311. The largest absolute Gasteiger partial charge is 0.396 e. The van der Waals surface area contributed by atoms with Crippen molar-refractivity contribution in [2.24, 2.45) is 11.8 Å². The van der Waals surface area contributed by atoms with Crippen molar-refractivity contribution in [1.29, 1.82) is 0 Å². The summed E-state index contributed by atoms with van der Waals surface area (Å²) in [6.45, 7) is 0.817. The highest BCUT2D eigenvalue weighted by Crippen LogP contribution is 2.30. The Kier molecular flexibility index (Phi) is 4.28. The normalized spacial score (nSPS) is 32.5. The van der Waals surface area contributed by atoms with Crippen LogP contribution < -0.4 is 10.6 Å². The lowest BCUT2D eigenvalue weighted by Gasteiger charge is -2.19. The number of nitrogens with one attached hydrogen (secondary N) is 2. The molecule has 1 saturated carbocycles. The van der Waals surface area contributed by atoms with Crippen molar-refractivity contribution < 1.29 is 14.7 Å². The number of thioether (sulfide) groups is 1. The molecule has 3 atom stereocenters. The minimum atomic E-state index is -0.388. The van der Waals surface area contributed by atoms with E-state index in [4.69, 9.17) is 0 Å². The molecule has 0 radical (unpaired) electrons. The summed E-state index contributed by atoms with van der Waals surface area (Å²) >= 11 is 1.15. The molecule has 0 spiro atoms. The van der Waals surface area contributed by atoms with E-state index in [-0.39, 0.29) is 23.8 Å². The van der Waals surface area contributed by atoms with Crippen LogP contribution in [0, 0.1) is 11.8 Å². The second-order valence-corrected chi connectivity index (χ2v) is 5.67. The molecule has 0 aromatic carbocycles. The van der Waals surface area contributed by atoms with Crippen LogP contribution in [0.15, 0.2) is 0 Å². The van der Waals surface area contributed by atoms with Gasteiger partial charge in [-0.05, 0) is 24.7 Å². The van der Waals surface area contributed by atoms with Crippen LogP contribution in [0.4, 0.5) is 4.79 Å². The topological polar surface area (TPSA) is 78.4 Å². The third kappa shape index (κ3) is 3.13. The van der Waals surface area contributed by atoms with Gasteiger partial charge in [0, 0.05) is 18.9 Å². The first-order valence-corrected chi connectivity index (χ1v) is 7.01. The highest BCUT2D eigenvalue weighted by atomic mass is 32.2. The number of amides is 2. The van der Waals surface area contributed by atoms with Crippen LogP contribution in [0.2, 0.25) is 0 Å². The number of hydrogen-bond donors (Lipinski definition) is 3. The minimum absolute atomic E-state index is 0.105. The number of aliphatic hydroxyl groups is 1. The van der Waals surface area contributed by atoms with Crippen molar-refractivity contribution in [1.82, 2.24) is 10.6 Å². The molecule has 1 aliphatic heterocycles. The molecule has 2 aliphatic rings. The standard InChI is InChI=1S/C11H18N2O3S/c14-5-8-3-1-2-7(8)4-12-10(15)9-6-17-11(16)13-9/h7-9,14H,1-6H2,(H,12,15)(H,13,16). The molecular formula is C11H18N2O3S. The molecule has 1 heterocycles. The molecule has 0 aromatic heterocycles. The fourth-order valence-corrected chi connectivity index (χ4v) is 3.28. The Morgan fingerprint density at radius 3 is 2.88 bits per heavy atom. The maximum Gasteiger partial charge on any atom is 0.279 e.